The largest absolute Gasteiger partial charge is 0.484 e. The molecule has 0 unspecified atom stereocenters. The Bertz CT molecular complexity index is 791. The number of ether oxygens (including phenoxy) is 1. The molecule has 0 saturated heterocycles. The summed E-state index contributed by atoms with van der Waals surface area (Å²) in [6.07, 6.45) is 1.91. The number of carbonyl (C=O) groups is 2. The zero-order valence-electron chi connectivity index (χ0n) is 14.5. The fraction of sp³-hybridized carbons (Fsp3) is 0.300. The van der Waals surface area contributed by atoms with Crippen LogP contribution in [-0.4, -0.2) is 43.2 Å². The molecule has 1 heterocycles. The van der Waals surface area contributed by atoms with E-state index in [2.05, 4.69) is 5.32 Å². The van der Waals surface area contributed by atoms with Gasteiger partial charge in [-0.15, -0.1) is 0 Å². The molecule has 1 aliphatic heterocycles. The monoisotopic (exact) mass is 354 g/mol. The molecule has 26 heavy (non-hydrogen) atoms. The first-order valence-corrected chi connectivity index (χ1v) is 8.69. The van der Waals surface area contributed by atoms with E-state index in [4.69, 9.17) is 9.84 Å². The van der Waals surface area contributed by atoms with Crippen molar-refractivity contribution < 1.29 is 19.4 Å². The highest BCUT2D eigenvalue weighted by atomic mass is 16.5. The summed E-state index contributed by atoms with van der Waals surface area (Å²) >= 11 is 0. The number of aliphatic hydroxyl groups is 1. The number of hydrogen-bond donors (Lipinski definition) is 2. The third-order valence-corrected chi connectivity index (χ3v) is 4.27. The van der Waals surface area contributed by atoms with E-state index in [1.807, 2.05) is 24.3 Å². The Kier molecular flexibility index (Phi) is 5.86. The highest BCUT2D eigenvalue weighted by molar-refractivity contribution is 5.96. The van der Waals surface area contributed by atoms with Gasteiger partial charge in [-0.3, -0.25) is 9.59 Å². The maximum Gasteiger partial charge on any atom is 0.264 e. The van der Waals surface area contributed by atoms with Crippen molar-refractivity contribution in [1.29, 1.82) is 0 Å². The van der Waals surface area contributed by atoms with Crippen LogP contribution in [0, 0.1) is 0 Å². The van der Waals surface area contributed by atoms with Crippen molar-refractivity contribution >= 4 is 17.5 Å². The van der Waals surface area contributed by atoms with E-state index >= 15 is 0 Å². The highest BCUT2D eigenvalue weighted by Gasteiger charge is 2.22. The Morgan fingerprint density at radius 1 is 1.15 bits per heavy atom. The molecule has 0 radical (unpaired) electrons. The topological polar surface area (TPSA) is 78.9 Å². The number of carbonyl (C=O) groups excluding carboxylic acids is 2. The van der Waals surface area contributed by atoms with E-state index in [0.29, 0.717) is 17.9 Å². The number of para-hydroxylation sites is 1. The smallest absolute Gasteiger partial charge is 0.264 e. The van der Waals surface area contributed by atoms with Crippen LogP contribution in [0.3, 0.4) is 0 Å². The molecule has 3 rings (SSSR count). The first-order chi connectivity index (χ1) is 12.7. The molecule has 136 valence electrons. The zero-order chi connectivity index (χ0) is 18.4. The maximum atomic E-state index is 12.6. The second-order valence-electron chi connectivity index (χ2n) is 6.07. The van der Waals surface area contributed by atoms with Crippen LogP contribution in [-0.2, 0) is 11.2 Å². The molecule has 1 aliphatic rings. The maximum absolute atomic E-state index is 12.6. The van der Waals surface area contributed by atoms with Crippen LogP contribution < -0.4 is 15.0 Å². The molecule has 0 aromatic heterocycles. The van der Waals surface area contributed by atoms with Crippen molar-refractivity contribution in [3.8, 4) is 5.75 Å². The van der Waals surface area contributed by atoms with Crippen LogP contribution >= 0.6 is 0 Å². The second-order valence-corrected chi connectivity index (χ2v) is 6.07. The minimum Gasteiger partial charge on any atom is -0.484 e. The van der Waals surface area contributed by atoms with E-state index in [0.717, 1.165) is 18.5 Å². The number of rotatable bonds is 6. The van der Waals surface area contributed by atoms with Gasteiger partial charge in [0.25, 0.3) is 11.8 Å². The molecule has 2 aromatic carbocycles. The van der Waals surface area contributed by atoms with E-state index in [9.17, 15) is 9.59 Å². The van der Waals surface area contributed by atoms with Crippen LogP contribution in [0.4, 0.5) is 5.69 Å². The average molecular weight is 354 g/mol. The molecule has 2 amide bonds. The fourth-order valence-corrected chi connectivity index (χ4v) is 3.01. The lowest BCUT2D eigenvalue weighted by molar-refractivity contribution is -0.120. The van der Waals surface area contributed by atoms with Gasteiger partial charge in [0.2, 0.25) is 0 Å². The molecule has 6 nitrogen and oxygen atoms in total. The lowest BCUT2D eigenvalue weighted by Gasteiger charge is -2.29. The van der Waals surface area contributed by atoms with E-state index in [1.54, 1.807) is 29.2 Å². The number of nitrogens with zero attached hydrogens (tertiary/aromatic N) is 1. The van der Waals surface area contributed by atoms with Crippen molar-refractivity contribution in [2.75, 3.05) is 31.2 Å². The van der Waals surface area contributed by atoms with Gasteiger partial charge in [-0.1, -0.05) is 24.3 Å². The Morgan fingerprint density at radius 3 is 2.85 bits per heavy atom. The molecule has 0 aliphatic carbocycles. The second kappa shape index (κ2) is 8.49. The lowest BCUT2D eigenvalue weighted by atomic mass is 10.0. The van der Waals surface area contributed by atoms with Crippen molar-refractivity contribution in [3.63, 3.8) is 0 Å². The van der Waals surface area contributed by atoms with Gasteiger partial charge in [0, 0.05) is 24.3 Å². The third-order valence-electron chi connectivity index (χ3n) is 4.27. The summed E-state index contributed by atoms with van der Waals surface area (Å²) < 4.78 is 5.61. The first-order valence-electron chi connectivity index (χ1n) is 8.69. The van der Waals surface area contributed by atoms with Crippen LogP contribution in [0.15, 0.2) is 48.5 Å². The Morgan fingerprint density at radius 2 is 2.00 bits per heavy atom. The average Bonchev–Trinajstić information content (AvgIpc) is 2.70. The number of aryl methyl sites for hydroxylation is 1. The van der Waals surface area contributed by atoms with Gasteiger partial charge in [-0.25, -0.2) is 0 Å². The summed E-state index contributed by atoms with van der Waals surface area (Å²) in [5.74, 6) is 0.0633. The summed E-state index contributed by atoms with van der Waals surface area (Å²) in [4.78, 5) is 26.3. The van der Waals surface area contributed by atoms with Crippen LogP contribution in [0.5, 0.6) is 5.75 Å². The van der Waals surface area contributed by atoms with Gasteiger partial charge < -0.3 is 20.1 Å². The number of nitrogens with one attached hydrogen (secondary N) is 1. The number of amides is 2. The number of benzene rings is 2. The van der Waals surface area contributed by atoms with Crippen molar-refractivity contribution in [2.24, 2.45) is 0 Å². The summed E-state index contributed by atoms with van der Waals surface area (Å²) in [5, 5.41) is 11.4. The van der Waals surface area contributed by atoms with Gasteiger partial charge in [-0.2, -0.15) is 0 Å². The minimum atomic E-state index is -0.291. The highest BCUT2D eigenvalue weighted by Crippen LogP contribution is 2.26. The summed E-state index contributed by atoms with van der Waals surface area (Å²) in [6.45, 7) is 0.670. The molecule has 0 saturated carbocycles. The molecule has 2 aromatic rings. The van der Waals surface area contributed by atoms with Crippen molar-refractivity contribution in [3.05, 3.63) is 59.7 Å². The SMILES string of the molecule is O=C(NCCO)c1cccc(OCC(=O)N2CCCc3ccccc32)c1. The van der Waals surface area contributed by atoms with Gasteiger partial charge in [0.05, 0.1) is 6.61 Å². The minimum absolute atomic E-state index is 0.0873. The quantitative estimate of drug-likeness (QED) is 0.829. The number of hydrogen-bond acceptors (Lipinski definition) is 4. The molecular weight excluding hydrogens is 332 g/mol. The van der Waals surface area contributed by atoms with Crippen LogP contribution in [0.1, 0.15) is 22.3 Å². The summed E-state index contributed by atoms with van der Waals surface area (Å²) in [5.41, 5.74) is 2.55. The van der Waals surface area contributed by atoms with Gasteiger partial charge >= 0.3 is 0 Å². The lowest BCUT2D eigenvalue weighted by Crippen LogP contribution is -2.38. The normalized spacial score (nSPS) is 13.0. The molecular formula is C20H22N2O4. The van der Waals surface area contributed by atoms with E-state index in [1.165, 1.54) is 5.56 Å². The predicted octanol–water partition coefficient (Wildman–Crippen LogP) is 1.77. The fourth-order valence-electron chi connectivity index (χ4n) is 3.01. The van der Waals surface area contributed by atoms with Crippen LogP contribution in [0.25, 0.3) is 0 Å². The summed E-state index contributed by atoms with van der Waals surface area (Å²) in [7, 11) is 0. The van der Waals surface area contributed by atoms with Crippen LogP contribution in [0.2, 0.25) is 0 Å². The standard InChI is InChI=1S/C20H22N2O4/c23-12-10-21-20(25)16-6-3-8-17(13-16)26-14-19(24)22-11-4-7-15-5-1-2-9-18(15)22/h1-3,5-6,8-9,13,23H,4,7,10-12,14H2,(H,21,25). The number of aliphatic hydroxyl groups excluding tert-OH is 1. The predicted molar refractivity (Wildman–Crippen MR) is 98.5 cm³/mol. The zero-order valence-corrected chi connectivity index (χ0v) is 14.5. The van der Waals surface area contributed by atoms with Gasteiger partial charge in [-0.05, 0) is 42.7 Å². The van der Waals surface area contributed by atoms with E-state index in [-0.39, 0.29) is 31.6 Å². The van der Waals surface area contributed by atoms with Gasteiger partial charge in [0.15, 0.2) is 6.61 Å². The third kappa shape index (κ3) is 4.21. The van der Waals surface area contributed by atoms with Gasteiger partial charge in [0.1, 0.15) is 5.75 Å². The Hall–Kier alpha value is -2.86. The van der Waals surface area contributed by atoms with Crippen molar-refractivity contribution in [1.82, 2.24) is 5.32 Å². The Labute approximate surface area is 152 Å². The number of fused-ring (bicyclic) bond motifs is 1. The molecule has 0 bridgehead atoms. The Balaban J connectivity index is 1.63. The molecule has 0 spiro atoms. The summed E-state index contributed by atoms with van der Waals surface area (Å²) in [6, 6.07) is 14.6. The molecule has 0 atom stereocenters. The molecule has 6 heteroatoms. The van der Waals surface area contributed by atoms with E-state index < -0.39 is 0 Å². The molecule has 0 fully saturated rings. The number of anilines is 1. The van der Waals surface area contributed by atoms with Crippen molar-refractivity contribution in [2.45, 2.75) is 12.8 Å². The molecule has 2 N–H and O–H groups in total. The first kappa shape index (κ1) is 17.9.